The second-order valence-corrected chi connectivity index (χ2v) is 4.25. The smallest absolute Gasteiger partial charge is 0.125 e. The number of para-hydroxylation sites is 1. The van der Waals surface area contributed by atoms with Crippen LogP contribution in [0.1, 0.15) is 18.6 Å². The zero-order valence-electron chi connectivity index (χ0n) is 11.3. The molecule has 0 radical (unpaired) electrons. The van der Waals surface area contributed by atoms with Gasteiger partial charge in [-0.1, -0.05) is 18.2 Å². The van der Waals surface area contributed by atoms with E-state index in [1.54, 1.807) is 12.1 Å². The van der Waals surface area contributed by atoms with E-state index in [9.17, 15) is 9.50 Å². The van der Waals surface area contributed by atoms with E-state index < -0.39 is 6.10 Å². The summed E-state index contributed by atoms with van der Waals surface area (Å²) in [7, 11) is 0. The van der Waals surface area contributed by atoms with Crippen molar-refractivity contribution in [3.8, 4) is 11.5 Å². The average Bonchev–Trinajstić information content (AvgIpc) is 2.47. The third-order valence-corrected chi connectivity index (χ3v) is 2.80. The van der Waals surface area contributed by atoms with Gasteiger partial charge in [0.05, 0.1) is 6.61 Å². The van der Waals surface area contributed by atoms with Crippen LogP contribution in [-0.2, 0) is 0 Å². The van der Waals surface area contributed by atoms with Crippen LogP contribution >= 0.6 is 0 Å². The fraction of sp³-hybridized carbons (Fsp3) is 0.250. The molecule has 106 valence electrons. The van der Waals surface area contributed by atoms with Crippen LogP contribution in [0.5, 0.6) is 11.5 Å². The molecule has 0 amide bonds. The molecular formula is C16H17FO3. The van der Waals surface area contributed by atoms with Gasteiger partial charge < -0.3 is 14.6 Å². The summed E-state index contributed by atoms with van der Waals surface area (Å²) in [4.78, 5) is 0. The number of halogens is 1. The first-order valence-corrected chi connectivity index (χ1v) is 6.49. The van der Waals surface area contributed by atoms with Gasteiger partial charge in [-0.05, 0) is 37.3 Å². The molecule has 0 aliphatic carbocycles. The fourth-order valence-electron chi connectivity index (χ4n) is 1.84. The molecule has 2 aromatic rings. The van der Waals surface area contributed by atoms with Crippen LogP contribution in [0.15, 0.2) is 48.5 Å². The molecule has 0 saturated carbocycles. The lowest BCUT2D eigenvalue weighted by molar-refractivity contribution is 0.105. The van der Waals surface area contributed by atoms with E-state index in [1.165, 1.54) is 24.3 Å². The minimum Gasteiger partial charge on any atom is -0.493 e. The molecule has 0 fully saturated rings. The second-order valence-electron chi connectivity index (χ2n) is 4.25. The Bertz CT molecular complexity index is 540. The highest BCUT2D eigenvalue weighted by Gasteiger charge is 2.13. The van der Waals surface area contributed by atoms with Gasteiger partial charge in [-0.3, -0.25) is 0 Å². The van der Waals surface area contributed by atoms with Crippen molar-refractivity contribution in [2.75, 3.05) is 13.2 Å². The zero-order valence-corrected chi connectivity index (χ0v) is 11.3. The average molecular weight is 276 g/mol. The van der Waals surface area contributed by atoms with Crippen LogP contribution in [-0.4, -0.2) is 18.3 Å². The summed E-state index contributed by atoms with van der Waals surface area (Å²) in [5, 5.41) is 10.2. The minimum atomic E-state index is -0.803. The third-order valence-electron chi connectivity index (χ3n) is 2.80. The zero-order chi connectivity index (χ0) is 14.4. The Balaban J connectivity index is 2.01. The Kier molecular flexibility index (Phi) is 4.96. The Morgan fingerprint density at radius 1 is 1.05 bits per heavy atom. The first kappa shape index (κ1) is 14.3. The lowest BCUT2D eigenvalue weighted by Crippen LogP contribution is -2.11. The van der Waals surface area contributed by atoms with E-state index in [0.29, 0.717) is 23.7 Å². The summed E-state index contributed by atoms with van der Waals surface area (Å²) in [6, 6.07) is 13.0. The monoisotopic (exact) mass is 276 g/mol. The first-order chi connectivity index (χ1) is 9.70. The molecule has 0 spiro atoms. The number of hydrogen-bond acceptors (Lipinski definition) is 3. The van der Waals surface area contributed by atoms with Crippen molar-refractivity contribution >= 4 is 0 Å². The SMILES string of the molecule is CCOc1ccccc1C(O)COc1ccc(F)cc1. The summed E-state index contributed by atoms with van der Waals surface area (Å²) in [6.45, 7) is 2.50. The van der Waals surface area contributed by atoms with Gasteiger partial charge in [-0.2, -0.15) is 0 Å². The predicted octanol–water partition coefficient (Wildman–Crippen LogP) is 3.34. The molecule has 0 aliphatic rings. The van der Waals surface area contributed by atoms with Crippen LogP contribution in [0.2, 0.25) is 0 Å². The van der Waals surface area contributed by atoms with Gasteiger partial charge in [0.2, 0.25) is 0 Å². The second kappa shape index (κ2) is 6.91. The molecule has 4 heteroatoms. The lowest BCUT2D eigenvalue weighted by atomic mass is 10.1. The molecule has 1 N–H and O–H groups in total. The van der Waals surface area contributed by atoms with Gasteiger partial charge in [0.25, 0.3) is 0 Å². The number of ether oxygens (including phenoxy) is 2. The van der Waals surface area contributed by atoms with Crippen LogP contribution < -0.4 is 9.47 Å². The maximum Gasteiger partial charge on any atom is 0.125 e. The van der Waals surface area contributed by atoms with Gasteiger partial charge >= 0.3 is 0 Å². The molecule has 0 bridgehead atoms. The number of rotatable bonds is 6. The van der Waals surface area contributed by atoms with E-state index in [1.807, 2.05) is 19.1 Å². The van der Waals surface area contributed by atoms with Crippen LogP contribution in [0, 0.1) is 5.82 Å². The quantitative estimate of drug-likeness (QED) is 0.879. The highest BCUT2D eigenvalue weighted by molar-refractivity contribution is 5.35. The van der Waals surface area contributed by atoms with Crippen molar-refractivity contribution in [3.05, 3.63) is 59.9 Å². The largest absolute Gasteiger partial charge is 0.493 e. The molecular weight excluding hydrogens is 259 g/mol. The molecule has 0 heterocycles. The molecule has 20 heavy (non-hydrogen) atoms. The van der Waals surface area contributed by atoms with Crippen molar-refractivity contribution in [2.24, 2.45) is 0 Å². The van der Waals surface area contributed by atoms with Crippen LogP contribution in [0.25, 0.3) is 0 Å². The van der Waals surface area contributed by atoms with Crippen molar-refractivity contribution in [3.63, 3.8) is 0 Å². The summed E-state index contributed by atoms with van der Waals surface area (Å²) in [6.07, 6.45) is -0.803. The van der Waals surface area contributed by atoms with Crippen molar-refractivity contribution < 1.29 is 19.0 Å². The van der Waals surface area contributed by atoms with Gasteiger partial charge in [0.1, 0.15) is 30.0 Å². The van der Waals surface area contributed by atoms with E-state index in [4.69, 9.17) is 9.47 Å². The Morgan fingerprint density at radius 3 is 2.45 bits per heavy atom. The number of aliphatic hydroxyl groups is 1. The first-order valence-electron chi connectivity index (χ1n) is 6.49. The number of hydrogen-bond donors (Lipinski definition) is 1. The summed E-state index contributed by atoms with van der Waals surface area (Å²) in [5.41, 5.74) is 0.677. The maximum absolute atomic E-state index is 12.8. The van der Waals surface area contributed by atoms with E-state index >= 15 is 0 Å². The van der Waals surface area contributed by atoms with E-state index in [-0.39, 0.29) is 12.4 Å². The van der Waals surface area contributed by atoms with E-state index in [2.05, 4.69) is 0 Å². The topological polar surface area (TPSA) is 38.7 Å². The molecule has 2 rings (SSSR count). The molecule has 0 aromatic heterocycles. The Morgan fingerprint density at radius 2 is 1.75 bits per heavy atom. The van der Waals surface area contributed by atoms with Gasteiger partial charge in [0.15, 0.2) is 0 Å². The van der Waals surface area contributed by atoms with Crippen LogP contribution in [0.3, 0.4) is 0 Å². The molecule has 0 saturated heterocycles. The third kappa shape index (κ3) is 3.71. The van der Waals surface area contributed by atoms with Gasteiger partial charge in [0, 0.05) is 5.56 Å². The maximum atomic E-state index is 12.8. The van der Waals surface area contributed by atoms with Gasteiger partial charge in [-0.15, -0.1) is 0 Å². The fourth-order valence-corrected chi connectivity index (χ4v) is 1.84. The minimum absolute atomic E-state index is 0.0791. The highest BCUT2D eigenvalue weighted by atomic mass is 19.1. The summed E-state index contributed by atoms with van der Waals surface area (Å²) in [5.74, 6) is 0.837. The summed E-state index contributed by atoms with van der Waals surface area (Å²) < 4.78 is 23.7. The molecule has 3 nitrogen and oxygen atoms in total. The lowest BCUT2D eigenvalue weighted by Gasteiger charge is -2.16. The van der Waals surface area contributed by atoms with Crippen molar-refractivity contribution in [2.45, 2.75) is 13.0 Å². The highest BCUT2D eigenvalue weighted by Crippen LogP contribution is 2.25. The molecule has 1 unspecified atom stereocenters. The number of benzene rings is 2. The van der Waals surface area contributed by atoms with Crippen LogP contribution in [0.4, 0.5) is 4.39 Å². The summed E-state index contributed by atoms with van der Waals surface area (Å²) >= 11 is 0. The van der Waals surface area contributed by atoms with E-state index in [0.717, 1.165) is 0 Å². The Hall–Kier alpha value is -2.07. The van der Waals surface area contributed by atoms with Crippen molar-refractivity contribution in [1.29, 1.82) is 0 Å². The van der Waals surface area contributed by atoms with Crippen molar-refractivity contribution in [1.82, 2.24) is 0 Å². The molecule has 0 aliphatic heterocycles. The van der Waals surface area contributed by atoms with Gasteiger partial charge in [-0.25, -0.2) is 4.39 Å². The standard InChI is InChI=1S/C16H17FO3/c1-2-19-16-6-4-3-5-14(16)15(18)11-20-13-9-7-12(17)8-10-13/h3-10,15,18H,2,11H2,1H3. The molecule has 1 atom stereocenters. The molecule has 2 aromatic carbocycles. The Labute approximate surface area is 117 Å². The normalized spacial score (nSPS) is 11.9. The predicted molar refractivity (Wildman–Crippen MR) is 74.5 cm³/mol. The number of aliphatic hydroxyl groups excluding tert-OH is 1.